The van der Waals surface area contributed by atoms with Crippen LogP contribution in [0.3, 0.4) is 0 Å². The van der Waals surface area contributed by atoms with E-state index in [1.165, 1.54) is 44.8 Å². The van der Waals surface area contributed by atoms with E-state index in [1.54, 1.807) is 0 Å². The molecule has 0 aliphatic carbocycles. The SMILES string of the molecule is Cc1ccnc(-c2[c-]c3c(cc2)-c2ccccc2N2B3c3[c-]c(-c4cc(C)ccn4)ccc3-c3ccccc32)c1.[Pd+2]. The predicted molar refractivity (Wildman–Crippen MR) is 165 cm³/mol. The summed E-state index contributed by atoms with van der Waals surface area (Å²) in [5.74, 6) is 0. The van der Waals surface area contributed by atoms with Crippen LogP contribution in [0.25, 0.3) is 44.8 Å². The molecule has 0 atom stereocenters. The van der Waals surface area contributed by atoms with E-state index >= 15 is 0 Å². The first-order valence-corrected chi connectivity index (χ1v) is 13.6. The van der Waals surface area contributed by atoms with E-state index in [4.69, 9.17) is 0 Å². The van der Waals surface area contributed by atoms with Crippen LogP contribution in [0.4, 0.5) is 11.4 Å². The third kappa shape index (κ3) is 4.08. The van der Waals surface area contributed by atoms with Crippen LogP contribution >= 0.6 is 0 Å². The second kappa shape index (κ2) is 9.96. The number of para-hydroxylation sites is 2. The molecule has 0 fully saturated rings. The van der Waals surface area contributed by atoms with Gasteiger partial charge in [0.05, 0.1) is 0 Å². The fourth-order valence-electron chi connectivity index (χ4n) is 6.22. The van der Waals surface area contributed by atoms with Crippen LogP contribution in [-0.2, 0) is 20.4 Å². The van der Waals surface area contributed by atoms with Crippen LogP contribution in [0.2, 0.25) is 0 Å². The standard InChI is InChI=1S/C36H24BN3.Pd/c1-23-15-17-38-33(19-23)25-11-13-27-29-7-3-5-9-35(29)40-36-10-6-4-8-30(36)28-14-12-26(34-20-24(2)16-18-39-34)22-32(28)37(40)31(27)21-25;/h3-20H,1-2H3;/q-2;+2. The van der Waals surface area contributed by atoms with Crippen molar-refractivity contribution < 1.29 is 20.4 Å². The molecule has 0 amide bonds. The van der Waals surface area contributed by atoms with Crippen molar-refractivity contribution in [2.24, 2.45) is 0 Å². The Morgan fingerprint density at radius 2 is 1.02 bits per heavy atom. The number of benzene rings is 4. The Bertz CT molecular complexity index is 1830. The molecule has 0 saturated heterocycles. The number of anilines is 2. The summed E-state index contributed by atoms with van der Waals surface area (Å²) in [6, 6.07) is 42.2. The molecule has 41 heavy (non-hydrogen) atoms. The molecule has 196 valence electrons. The Balaban J connectivity index is 0.00000276. The maximum absolute atomic E-state index is 4.69. The number of aromatic nitrogens is 2. The molecule has 0 radical (unpaired) electrons. The minimum absolute atomic E-state index is 0. The van der Waals surface area contributed by atoms with E-state index in [9.17, 15) is 0 Å². The largest absolute Gasteiger partial charge is 2.00 e. The summed E-state index contributed by atoms with van der Waals surface area (Å²) in [5.41, 5.74) is 15.7. The summed E-state index contributed by atoms with van der Waals surface area (Å²) < 4.78 is 0. The zero-order valence-corrected chi connectivity index (χ0v) is 24.2. The van der Waals surface area contributed by atoms with Crippen molar-refractivity contribution in [3.63, 3.8) is 0 Å². The van der Waals surface area contributed by atoms with Crippen molar-refractivity contribution in [3.8, 4) is 44.8 Å². The van der Waals surface area contributed by atoms with Gasteiger partial charge in [0.2, 0.25) is 0 Å². The third-order valence-corrected chi connectivity index (χ3v) is 8.05. The number of pyridine rings is 2. The van der Waals surface area contributed by atoms with Crippen LogP contribution in [0.5, 0.6) is 0 Å². The molecule has 0 unspecified atom stereocenters. The predicted octanol–water partition coefficient (Wildman–Crippen LogP) is 6.93. The summed E-state index contributed by atoms with van der Waals surface area (Å²) in [7, 11) is 0. The molecule has 5 heteroatoms. The van der Waals surface area contributed by atoms with Crippen molar-refractivity contribution in [3.05, 3.63) is 133 Å². The first-order chi connectivity index (χ1) is 19.7. The third-order valence-electron chi connectivity index (χ3n) is 8.05. The van der Waals surface area contributed by atoms with Crippen LogP contribution in [0, 0.1) is 26.0 Å². The molecule has 0 saturated carbocycles. The van der Waals surface area contributed by atoms with E-state index < -0.39 is 0 Å². The van der Waals surface area contributed by atoms with E-state index in [2.05, 4.69) is 126 Å². The Morgan fingerprint density at radius 1 is 0.561 bits per heavy atom. The van der Waals surface area contributed by atoms with Crippen LogP contribution < -0.4 is 15.7 Å². The van der Waals surface area contributed by atoms with E-state index in [0.717, 1.165) is 33.4 Å². The van der Waals surface area contributed by atoms with Gasteiger partial charge in [0.25, 0.3) is 6.85 Å². The Hall–Kier alpha value is -4.29. The van der Waals surface area contributed by atoms with Gasteiger partial charge in [-0.25, -0.2) is 0 Å². The van der Waals surface area contributed by atoms with Gasteiger partial charge < -0.3 is 14.8 Å². The van der Waals surface area contributed by atoms with Gasteiger partial charge >= 0.3 is 20.4 Å². The number of rotatable bonds is 2. The summed E-state index contributed by atoms with van der Waals surface area (Å²) in [5, 5.41) is 0. The molecule has 2 aliphatic heterocycles. The first-order valence-electron chi connectivity index (χ1n) is 13.6. The van der Waals surface area contributed by atoms with Gasteiger partial charge in [0.15, 0.2) is 0 Å². The van der Waals surface area contributed by atoms with E-state index in [-0.39, 0.29) is 27.3 Å². The van der Waals surface area contributed by atoms with Crippen molar-refractivity contribution in [1.29, 1.82) is 0 Å². The van der Waals surface area contributed by atoms with E-state index in [0.29, 0.717) is 0 Å². The molecule has 4 heterocycles. The second-order valence-corrected chi connectivity index (χ2v) is 10.6. The maximum atomic E-state index is 4.69. The zero-order chi connectivity index (χ0) is 26.8. The molecule has 0 bridgehead atoms. The summed E-state index contributed by atoms with van der Waals surface area (Å²) in [6.45, 7) is 4.11. The summed E-state index contributed by atoms with van der Waals surface area (Å²) in [6.07, 6.45) is 3.75. The fraction of sp³-hybridized carbons (Fsp3) is 0.0556. The Morgan fingerprint density at radius 3 is 1.49 bits per heavy atom. The van der Waals surface area contributed by atoms with Gasteiger partial charge in [-0.1, -0.05) is 59.7 Å². The number of hydrogen-bond donors (Lipinski definition) is 0. The minimum Gasteiger partial charge on any atom is -0.380 e. The van der Waals surface area contributed by atoms with Gasteiger partial charge in [-0.3, -0.25) is 0 Å². The monoisotopic (exact) mass is 615 g/mol. The molecule has 2 aromatic heterocycles. The molecule has 3 nitrogen and oxygen atoms in total. The molecule has 2 aliphatic rings. The van der Waals surface area contributed by atoms with Crippen molar-refractivity contribution >= 4 is 29.1 Å². The molecule has 0 spiro atoms. The topological polar surface area (TPSA) is 29.0 Å². The Kier molecular flexibility index (Phi) is 6.24. The smallest absolute Gasteiger partial charge is 0.380 e. The molecule has 8 rings (SSSR count). The normalized spacial score (nSPS) is 12.3. The summed E-state index contributed by atoms with van der Waals surface area (Å²) >= 11 is 0. The van der Waals surface area contributed by atoms with Gasteiger partial charge in [-0.15, -0.1) is 69.6 Å². The second-order valence-electron chi connectivity index (χ2n) is 10.6. The maximum Gasteiger partial charge on any atom is 2.00 e. The van der Waals surface area contributed by atoms with E-state index in [1.807, 2.05) is 24.5 Å². The number of aryl methyl sites for hydroxylation is 2. The quantitative estimate of drug-likeness (QED) is 0.156. The molecular formula is C36H24BN3Pd. The van der Waals surface area contributed by atoms with Crippen molar-refractivity contribution in [2.45, 2.75) is 13.8 Å². The van der Waals surface area contributed by atoms with Gasteiger partial charge in [-0.2, -0.15) is 0 Å². The number of hydrogen-bond acceptors (Lipinski definition) is 3. The van der Waals surface area contributed by atoms with Gasteiger partial charge in [0.1, 0.15) is 0 Å². The van der Waals surface area contributed by atoms with Crippen LogP contribution in [0.1, 0.15) is 11.1 Å². The Labute approximate surface area is 254 Å². The first kappa shape index (κ1) is 25.7. The zero-order valence-electron chi connectivity index (χ0n) is 22.6. The van der Waals surface area contributed by atoms with Gasteiger partial charge in [-0.05, 0) is 60.6 Å². The average Bonchev–Trinajstić information content (AvgIpc) is 3.00. The van der Waals surface area contributed by atoms with Crippen molar-refractivity contribution in [1.82, 2.24) is 9.97 Å². The van der Waals surface area contributed by atoms with Crippen LogP contribution in [0.15, 0.2) is 109 Å². The average molecular weight is 616 g/mol. The summed E-state index contributed by atoms with van der Waals surface area (Å²) in [4.78, 5) is 11.9. The van der Waals surface area contributed by atoms with Gasteiger partial charge in [0, 0.05) is 23.8 Å². The number of nitrogens with zero attached hydrogens (tertiary/aromatic N) is 3. The molecule has 4 aromatic carbocycles. The van der Waals surface area contributed by atoms with Crippen molar-refractivity contribution in [2.75, 3.05) is 4.81 Å². The minimum atomic E-state index is -0.0932. The molecule has 0 N–H and O–H groups in total. The molecule has 6 aromatic rings. The van der Waals surface area contributed by atoms with Crippen LogP contribution in [-0.4, -0.2) is 16.8 Å². The fourth-order valence-corrected chi connectivity index (χ4v) is 6.22. The molecular weight excluding hydrogens is 592 g/mol. The number of fused-ring (bicyclic) bond motifs is 11.